The van der Waals surface area contributed by atoms with Gasteiger partial charge in [-0.1, -0.05) is 34.2 Å². The minimum absolute atomic E-state index is 0.139. The predicted octanol–water partition coefficient (Wildman–Crippen LogP) is 4.11. The van der Waals surface area contributed by atoms with Gasteiger partial charge in [0.1, 0.15) is 22.3 Å². The van der Waals surface area contributed by atoms with Gasteiger partial charge in [0, 0.05) is 15.7 Å². The van der Waals surface area contributed by atoms with Gasteiger partial charge in [-0.05, 0) is 30.3 Å². The molecule has 0 aromatic heterocycles. The third kappa shape index (κ3) is 3.08. The summed E-state index contributed by atoms with van der Waals surface area (Å²) in [5, 5.41) is 2.68. The van der Waals surface area contributed by atoms with Crippen LogP contribution in [0.4, 0.5) is 20.2 Å². The first-order valence-electron chi connectivity index (χ1n) is 5.29. The molecule has 0 saturated heterocycles. The molecular weight excluding hydrogens is 334 g/mol. The Balaban J connectivity index is 2.47. The zero-order valence-corrected chi connectivity index (χ0v) is 12.0. The molecule has 0 amide bonds. The van der Waals surface area contributed by atoms with E-state index in [-0.39, 0.29) is 10.7 Å². The first kappa shape index (κ1) is 13.9. The van der Waals surface area contributed by atoms with E-state index < -0.39 is 11.6 Å². The van der Waals surface area contributed by atoms with Gasteiger partial charge in [0.15, 0.2) is 0 Å². The number of hydrogen-bond donors (Lipinski definition) is 2. The van der Waals surface area contributed by atoms with Crippen molar-refractivity contribution in [1.82, 2.24) is 0 Å². The van der Waals surface area contributed by atoms with Gasteiger partial charge in [0.05, 0.1) is 0 Å². The first-order valence-corrected chi connectivity index (χ1v) is 6.49. The van der Waals surface area contributed by atoms with Crippen molar-refractivity contribution < 1.29 is 8.78 Å². The van der Waals surface area contributed by atoms with Gasteiger partial charge >= 0.3 is 0 Å². The number of nitrogens with one attached hydrogen (secondary N) is 1. The highest BCUT2D eigenvalue weighted by molar-refractivity contribution is 9.10. The highest BCUT2D eigenvalue weighted by Crippen LogP contribution is 2.27. The summed E-state index contributed by atoms with van der Waals surface area (Å²) < 4.78 is 27.9. The minimum atomic E-state index is -0.684. The zero-order valence-electron chi connectivity index (χ0n) is 9.58. The summed E-state index contributed by atoms with van der Waals surface area (Å²) in [4.78, 5) is 0.139. The van der Waals surface area contributed by atoms with E-state index in [4.69, 9.17) is 18.0 Å². The van der Waals surface area contributed by atoms with E-state index >= 15 is 0 Å². The van der Waals surface area contributed by atoms with Gasteiger partial charge < -0.3 is 11.1 Å². The van der Waals surface area contributed by atoms with Crippen LogP contribution in [0.2, 0.25) is 0 Å². The second kappa shape index (κ2) is 5.63. The number of anilines is 2. The Morgan fingerprint density at radius 2 is 1.79 bits per heavy atom. The molecule has 0 bridgehead atoms. The lowest BCUT2D eigenvalue weighted by Gasteiger charge is -2.13. The van der Waals surface area contributed by atoms with Crippen LogP contribution in [0.1, 0.15) is 5.56 Å². The molecule has 3 N–H and O–H groups in total. The number of para-hydroxylation sites is 1. The summed E-state index contributed by atoms with van der Waals surface area (Å²) in [5.74, 6) is -1.37. The quantitative estimate of drug-likeness (QED) is 0.824. The average Bonchev–Trinajstić information content (AvgIpc) is 2.35. The molecule has 0 saturated carbocycles. The number of hydrogen-bond acceptors (Lipinski definition) is 2. The molecule has 0 heterocycles. The Bertz CT molecular complexity index is 626. The normalized spacial score (nSPS) is 10.3. The second-order valence-corrected chi connectivity index (χ2v) is 5.13. The molecule has 0 fully saturated rings. The van der Waals surface area contributed by atoms with Crippen molar-refractivity contribution in [2.75, 3.05) is 5.32 Å². The molecular formula is C13H9BrF2N2S. The molecule has 0 aliphatic rings. The molecule has 0 aliphatic heterocycles. The summed E-state index contributed by atoms with van der Waals surface area (Å²) in [5.41, 5.74) is 6.31. The number of halogens is 3. The van der Waals surface area contributed by atoms with Gasteiger partial charge in [0.2, 0.25) is 0 Å². The van der Waals surface area contributed by atoms with Crippen molar-refractivity contribution in [2.24, 2.45) is 5.73 Å². The summed E-state index contributed by atoms with van der Waals surface area (Å²) in [6, 6.07) is 8.69. The number of nitrogens with two attached hydrogens (primary N) is 1. The lowest BCUT2D eigenvalue weighted by atomic mass is 10.1. The van der Waals surface area contributed by atoms with Crippen LogP contribution < -0.4 is 11.1 Å². The lowest BCUT2D eigenvalue weighted by Crippen LogP contribution is -2.12. The Labute approximate surface area is 122 Å². The van der Waals surface area contributed by atoms with E-state index in [1.54, 1.807) is 18.2 Å². The fraction of sp³-hybridized carbons (Fsp3) is 0. The molecule has 19 heavy (non-hydrogen) atoms. The molecule has 0 radical (unpaired) electrons. The molecule has 2 aromatic carbocycles. The van der Waals surface area contributed by atoms with Crippen LogP contribution in [-0.2, 0) is 0 Å². The standard InChI is InChI=1S/C13H9BrF2N2S/c14-7-4-5-11(8(6-7)13(17)19)18-12-9(15)2-1-3-10(12)16/h1-6,18H,(H2,17,19). The van der Waals surface area contributed by atoms with Crippen LogP contribution in [0.25, 0.3) is 0 Å². The molecule has 0 unspecified atom stereocenters. The van der Waals surface area contributed by atoms with Crippen LogP contribution in [0.15, 0.2) is 40.9 Å². The van der Waals surface area contributed by atoms with Crippen molar-refractivity contribution in [3.8, 4) is 0 Å². The summed E-state index contributed by atoms with van der Waals surface area (Å²) in [7, 11) is 0. The van der Waals surface area contributed by atoms with Crippen molar-refractivity contribution in [3.05, 3.63) is 58.1 Å². The summed E-state index contributed by atoms with van der Waals surface area (Å²) in [6.07, 6.45) is 0. The Hall–Kier alpha value is -1.53. The van der Waals surface area contributed by atoms with E-state index in [0.29, 0.717) is 11.3 Å². The Morgan fingerprint density at radius 1 is 1.16 bits per heavy atom. The van der Waals surface area contributed by atoms with Crippen LogP contribution in [-0.4, -0.2) is 4.99 Å². The van der Waals surface area contributed by atoms with Gasteiger partial charge in [-0.2, -0.15) is 0 Å². The third-order valence-corrected chi connectivity index (χ3v) is 3.18. The predicted molar refractivity (Wildman–Crippen MR) is 79.7 cm³/mol. The molecule has 0 atom stereocenters. The van der Waals surface area contributed by atoms with E-state index in [0.717, 1.165) is 4.47 Å². The highest BCUT2D eigenvalue weighted by Gasteiger charge is 2.12. The fourth-order valence-electron chi connectivity index (χ4n) is 1.58. The Morgan fingerprint density at radius 3 is 2.37 bits per heavy atom. The molecule has 2 rings (SSSR count). The largest absolute Gasteiger partial charge is 0.389 e. The first-order chi connectivity index (χ1) is 8.99. The number of thiocarbonyl (C=S) groups is 1. The number of rotatable bonds is 3. The number of benzene rings is 2. The van der Waals surface area contributed by atoms with Crippen molar-refractivity contribution in [3.63, 3.8) is 0 Å². The van der Waals surface area contributed by atoms with Crippen molar-refractivity contribution >= 4 is 44.5 Å². The van der Waals surface area contributed by atoms with Crippen LogP contribution >= 0.6 is 28.1 Å². The van der Waals surface area contributed by atoms with E-state index in [1.165, 1.54) is 18.2 Å². The lowest BCUT2D eigenvalue weighted by molar-refractivity contribution is 0.591. The monoisotopic (exact) mass is 342 g/mol. The maximum absolute atomic E-state index is 13.6. The maximum atomic E-state index is 13.6. The average molecular weight is 343 g/mol. The smallest absolute Gasteiger partial charge is 0.149 e. The van der Waals surface area contributed by atoms with E-state index in [9.17, 15) is 8.78 Å². The van der Waals surface area contributed by atoms with Gasteiger partial charge in [-0.15, -0.1) is 0 Å². The second-order valence-electron chi connectivity index (χ2n) is 3.78. The van der Waals surface area contributed by atoms with Crippen LogP contribution in [0.3, 0.4) is 0 Å². The summed E-state index contributed by atoms with van der Waals surface area (Å²) in [6.45, 7) is 0. The van der Waals surface area contributed by atoms with Crippen LogP contribution in [0.5, 0.6) is 0 Å². The molecule has 2 aromatic rings. The molecule has 0 aliphatic carbocycles. The van der Waals surface area contributed by atoms with E-state index in [2.05, 4.69) is 21.2 Å². The Kier molecular flexibility index (Phi) is 4.11. The minimum Gasteiger partial charge on any atom is -0.389 e. The van der Waals surface area contributed by atoms with Gasteiger partial charge in [0.25, 0.3) is 0 Å². The molecule has 6 heteroatoms. The van der Waals surface area contributed by atoms with Gasteiger partial charge in [-0.25, -0.2) is 8.78 Å². The topological polar surface area (TPSA) is 38.0 Å². The van der Waals surface area contributed by atoms with Crippen LogP contribution in [0, 0.1) is 11.6 Å². The molecule has 0 spiro atoms. The maximum Gasteiger partial charge on any atom is 0.149 e. The zero-order chi connectivity index (χ0) is 14.0. The van der Waals surface area contributed by atoms with Crippen molar-refractivity contribution in [2.45, 2.75) is 0 Å². The van der Waals surface area contributed by atoms with Crippen molar-refractivity contribution in [1.29, 1.82) is 0 Å². The summed E-state index contributed by atoms with van der Waals surface area (Å²) >= 11 is 8.21. The fourth-order valence-corrected chi connectivity index (χ4v) is 2.11. The van der Waals surface area contributed by atoms with E-state index in [1.807, 2.05) is 0 Å². The highest BCUT2D eigenvalue weighted by atomic mass is 79.9. The third-order valence-electron chi connectivity index (χ3n) is 2.47. The molecule has 98 valence electrons. The SMILES string of the molecule is NC(=S)c1cc(Br)ccc1Nc1c(F)cccc1F. The van der Waals surface area contributed by atoms with Gasteiger partial charge in [-0.3, -0.25) is 0 Å². The molecule has 2 nitrogen and oxygen atoms in total.